The Kier molecular flexibility index (Phi) is 6.12. The summed E-state index contributed by atoms with van der Waals surface area (Å²) in [5, 5.41) is 15.9. The van der Waals surface area contributed by atoms with E-state index in [1.165, 1.54) is 0 Å². The van der Waals surface area contributed by atoms with Gasteiger partial charge in [-0.1, -0.05) is 6.92 Å². The lowest BCUT2D eigenvalue weighted by Gasteiger charge is -2.10. The number of halogens is 1. The van der Waals surface area contributed by atoms with Gasteiger partial charge in [0.25, 0.3) is 0 Å². The van der Waals surface area contributed by atoms with Crippen LogP contribution in [-0.2, 0) is 4.79 Å². The number of nitrogens with one attached hydrogen (secondary N) is 3. The molecule has 0 aromatic heterocycles. The molecule has 21 heavy (non-hydrogen) atoms. The Hall–Kier alpha value is -2.64. The van der Waals surface area contributed by atoms with E-state index in [1.54, 1.807) is 0 Å². The largest absolute Gasteiger partial charge is 0.478 e. The van der Waals surface area contributed by atoms with Gasteiger partial charge in [0, 0.05) is 6.54 Å². The van der Waals surface area contributed by atoms with Crippen molar-refractivity contribution >= 4 is 23.6 Å². The lowest BCUT2D eigenvalue weighted by molar-refractivity contribution is -0.120. The number of hydrogen-bond acceptors (Lipinski definition) is 3. The van der Waals surface area contributed by atoms with Crippen LogP contribution in [0.3, 0.4) is 0 Å². The van der Waals surface area contributed by atoms with E-state index < -0.39 is 17.8 Å². The first kappa shape index (κ1) is 16.4. The van der Waals surface area contributed by atoms with Gasteiger partial charge in [-0.3, -0.25) is 4.79 Å². The topological polar surface area (TPSA) is 108 Å². The number of aromatic carboxylic acids is 1. The van der Waals surface area contributed by atoms with Gasteiger partial charge in [-0.25, -0.2) is 14.0 Å². The van der Waals surface area contributed by atoms with E-state index in [0.717, 1.165) is 24.6 Å². The summed E-state index contributed by atoms with van der Waals surface area (Å²) in [6.07, 6.45) is 0.767. The lowest BCUT2D eigenvalue weighted by atomic mass is 10.2. The standard InChI is InChI=1S/C13H16FN3O4/c1-2-5-15-11(18)7-16-13(21)17-10-6-8(14)3-4-9(10)12(19)20/h3-4,6H,2,5,7H2,1H3,(H,15,18)(H,19,20)(H2,16,17,21). The number of rotatable bonds is 6. The molecule has 7 nitrogen and oxygen atoms in total. The highest BCUT2D eigenvalue weighted by Crippen LogP contribution is 2.17. The van der Waals surface area contributed by atoms with Gasteiger partial charge in [-0.05, 0) is 24.6 Å². The molecule has 0 heterocycles. The van der Waals surface area contributed by atoms with Crippen LogP contribution in [0, 0.1) is 5.82 Å². The highest BCUT2D eigenvalue weighted by atomic mass is 19.1. The summed E-state index contributed by atoms with van der Waals surface area (Å²) in [7, 11) is 0. The van der Waals surface area contributed by atoms with Crippen molar-refractivity contribution in [2.45, 2.75) is 13.3 Å². The summed E-state index contributed by atoms with van der Waals surface area (Å²) in [5.41, 5.74) is -0.434. The number of carboxylic acids is 1. The van der Waals surface area contributed by atoms with Crippen LogP contribution in [0.5, 0.6) is 0 Å². The zero-order chi connectivity index (χ0) is 15.8. The smallest absolute Gasteiger partial charge is 0.337 e. The molecule has 114 valence electrons. The fourth-order valence-electron chi connectivity index (χ4n) is 1.46. The highest BCUT2D eigenvalue weighted by molar-refractivity contribution is 6.00. The summed E-state index contributed by atoms with van der Waals surface area (Å²) in [5.74, 6) is -2.35. The number of benzene rings is 1. The third kappa shape index (κ3) is 5.47. The maximum Gasteiger partial charge on any atom is 0.337 e. The van der Waals surface area contributed by atoms with Crippen LogP contribution in [0.25, 0.3) is 0 Å². The molecule has 0 saturated heterocycles. The highest BCUT2D eigenvalue weighted by Gasteiger charge is 2.13. The first-order chi connectivity index (χ1) is 9.93. The lowest BCUT2D eigenvalue weighted by Crippen LogP contribution is -2.39. The Morgan fingerprint density at radius 1 is 1.24 bits per heavy atom. The number of carboxylic acid groups (broad SMARTS) is 1. The van der Waals surface area contributed by atoms with Gasteiger partial charge in [0.2, 0.25) is 5.91 Å². The first-order valence-corrected chi connectivity index (χ1v) is 6.28. The van der Waals surface area contributed by atoms with Crippen LogP contribution in [0.1, 0.15) is 23.7 Å². The normalized spacial score (nSPS) is 9.81. The molecule has 3 amide bonds. The minimum Gasteiger partial charge on any atom is -0.478 e. The fraction of sp³-hybridized carbons (Fsp3) is 0.308. The monoisotopic (exact) mass is 297 g/mol. The van der Waals surface area contributed by atoms with Crippen LogP contribution in [0.2, 0.25) is 0 Å². The third-order valence-electron chi connectivity index (χ3n) is 2.44. The number of anilines is 1. The number of urea groups is 1. The SMILES string of the molecule is CCCNC(=O)CNC(=O)Nc1cc(F)ccc1C(=O)O. The van der Waals surface area contributed by atoms with E-state index in [2.05, 4.69) is 16.0 Å². The Labute approximate surface area is 120 Å². The molecular formula is C13H16FN3O4. The van der Waals surface area contributed by atoms with Crippen molar-refractivity contribution in [1.29, 1.82) is 0 Å². The molecule has 0 bridgehead atoms. The first-order valence-electron chi connectivity index (χ1n) is 6.28. The second kappa shape index (κ2) is 7.83. The molecular weight excluding hydrogens is 281 g/mol. The average molecular weight is 297 g/mol. The summed E-state index contributed by atoms with van der Waals surface area (Å²) >= 11 is 0. The van der Waals surface area contributed by atoms with Crippen molar-refractivity contribution in [2.24, 2.45) is 0 Å². The van der Waals surface area contributed by atoms with Crippen molar-refractivity contribution in [2.75, 3.05) is 18.4 Å². The molecule has 0 atom stereocenters. The maximum absolute atomic E-state index is 13.1. The molecule has 0 aliphatic rings. The Balaban J connectivity index is 2.60. The molecule has 1 aromatic rings. The molecule has 0 unspecified atom stereocenters. The summed E-state index contributed by atoms with van der Waals surface area (Å²) < 4.78 is 13.1. The van der Waals surface area contributed by atoms with E-state index in [9.17, 15) is 18.8 Å². The van der Waals surface area contributed by atoms with Crippen LogP contribution >= 0.6 is 0 Å². The van der Waals surface area contributed by atoms with Crippen LogP contribution in [0.15, 0.2) is 18.2 Å². The van der Waals surface area contributed by atoms with Crippen LogP contribution < -0.4 is 16.0 Å². The second-order valence-electron chi connectivity index (χ2n) is 4.15. The number of amides is 3. The second-order valence-corrected chi connectivity index (χ2v) is 4.15. The molecule has 0 saturated carbocycles. The van der Waals surface area contributed by atoms with Gasteiger partial charge in [0.15, 0.2) is 0 Å². The van der Waals surface area contributed by atoms with Crippen LogP contribution in [-0.4, -0.2) is 36.1 Å². The van der Waals surface area contributed by atoms with Crippen LogP contribution in [0.4, 0.5) is 14.9 Å². The molecule has 8 heteroatoms. The Morgan fingerprint density at radius 3 is 2.57 bits per heavy atom. The summed E-state index contributed by atoms with van der Waals surface area (Å²) in [6.45, 7) is 2.12. The molecule has 0 aliphatic heterocycles. The zero-order valence-corrected chi connectivity index (χ0v) is 11.4. The van der Waals surface area contributed by atoms with E-state index in [4.69, 9.17) is 5.11 Å². The van der Waals surface area contributed by atoms with Crippen molar-refractivity contribution in [3.05, 3.63) is 29.6 Å². The van der Waals surface area contributed by atoms with Gasteiger partial charge in [0.1, 0.15) is 5.82 Å². The Morgan fingerprint density at radius 2 is 1.95 bits per heavy atom. The molecule has 0 spiro atoms. The van der Waals surface area contributed by atoms with Crippen molar-refractivity contribution in [1.82, 2.24) is 10.6 Å². The molecule has 1 aromatic carbocycles. The van der Waals surface area contributed by atoms with Gasteiger partial charge < -0.3 is 21.1 Å². The molecule has 0 fully saturated rings. The van der Waals surface area contributed by atoms with E-state index in [-0.39, 0.29) is 23.7 Å². The van der Waals surface area contributed by atoms with Crippen molar-refractivity contribution in [3.8, 4) is 0 Å². The summed E-state index contributed by atoms with van der Waals surface area (Å²) in [4.78, 5) is 33.8. The minimum atomic E-state index is -1.30. The van der Waals surface area contributed by atoms with Gasteiger partial charge in [-0.2, -0.15) is 0 Å². The van der Waals surface area contributed by atoms with E-state index in [0.29, 0.717) is 6.54 Å². The predicted octanol–water partition coefficient (Wildman–Crippen LogP) is 1.17. The summed E-state index contributed by atoms with van der Waals surface area (Å²) in [6, 6.07) is 2.11. The quantitative estimate of drug-likeness (QED) is 0.632. The molecule has 1 rings (SSSR count). The van der Waals surface area contributed by atoms with Gasteiger partial charge in [0.05, 0.1) is 17.8 Å². The molecule has 4 N–H and O–H groups in total. The molecule has 0 aliphatic carbocycles. The maximum atomic E-state index is 13.1. The van der Waals surface area contributed by atoms with E-state index >= 15 is 0 Å². The molecule has 0 radical (unpaired) electrons. The number of carbonyl (C=O) groups excluding carboxylic acids is 2. The number of hydrogen-bond donors (Lipinski definition) is 4. The average Bonchev–Trinajstić information content (AvgIpc) is 2.42. The predicted molar refractivity (Wildman–Crippen MR) is 73.7 cm³/mol. The third-order valence-corrected chi connectivity index (χ3v) is 2.44. The number of carbonyl (C=O) groups is 3. The zero-order valence-electron chi connectivity index (χ0n) is 11.4. The minimum absolute atomic E-state index is 0.186. The van der Waals surface area contributed by atoms with Gasteiger partial charge >= 0.3 is 12.0 Å². The van der Waals surface area contributed by atoms with E-state index in [1.807, 2.05) is 6.92 Å². The fourth-order valence-corrected chi connectivity index (χ4v) is 1.46. The van der Waals surface area contributed by atoms with Gasteiger partial charge in [-0.15, -0.1) is 0 Å². The van der Waals surface area contributed by atoms with Crippen molar-refractivity contribution < 1.29 is 23.9 Å². The Bertz CT molecular complexity index is 548. The van der Waals surface area contributed by atoms with Crippen molar-refractivity contribution in [3.63, 3.8) is 0 Å².